The van der Waals surface area contributed by atoms with E-state index in [2.05, 4.69) is 37.6 Å². The lowest BCUT2D eigenvalue weighted by Gasteiger charge is -2.05. The Hall–Kier alpha value is -1.08. The van der Waals surface area contributed by atoms with E-state index in [0.717, 1.165) is 3.57 Å². The van der Waals surface area contributed by atoms with E-state index in [1.165, 1.54) is 12.3 Å². The Morgan fingerprint density at radius 2 is 2.25 bits per heavy atom. The van der Waals surface area contributed by atoms with Gasteiger partial charge in [0.25, 0.3) is 5.91 Å². The molecule has 1 N–H and O–H groups in total. The van der Waals surface area contributed by atoms with Crippen LogP contribution in [-0.2, 0) is 0 Å². The topological polar surface area (TPSA) is 55.1 Å². The molecule has 6 heteroatoms. The molecule has 82 valence electrons. The molecular formula is C10H6ClIN2O2. The fraction of sp³-hybridized carbons (Fsp3) is 0. The summed E-state index contributed by atoms with van der Waals surface area (Å²) in [5.74, 6) is -0.311. The normalized spacial score (nSPS) is 10.1. The second-order valence-electron chi connectivity index (χ2n) is 2.96. The Morgan fingerprint density at radius 3 is 2.88 bits per heavy atom. The number of halogens is 2. The lowest BCUT2D eigenvalue weighted by molar-refractivity contribution is 0.101. The minimum absolute atomic E-state index is 0.241. The number of amides is 1. The summed E-state index contributed by atoms with van der Waals surface area (Å²) in [6.07, 6.45) is 1.35. The van der Waals surface area contributed by atoms with Crippen LogP contribution in [-0.4, -0.2) is 11.1 Å². The van der Waals surface area contributed by atoms with Crippen LogP contribution in [0, 0.1) is 3.57 Å². The summed E-state index contributed by atoms with van der Waals surface area (Å²) in [6, 6.07) is 6.71. The van der Waals surface area contributed by atoms with Crippen molar-refractivity contribution in [1.29, 1.82) is 0 Å². The van der Waals surface area contributed by atoms with Crippen LogP contribution in [0.4, 0.5) is 5.69 Å². The minimum Gasteiger partial charge on any atom is -0.364 e. The van der Waals surface area contributed by atoms with E-state index in [1.54, 1.807) is 18.2 Å². The highest BCUT2D eigenvalue weighted by Crippen LogP contribution is 2.22. The standard InChI is InChI=1S/C10H6ClIN2O2/c11-6-1-2-8(7(12)5-6)13-10(15)9-3-4-16-14-9/h1-5H,(H,13,15). The maximum absolute atomic E-state index is 11.6. The van der Waals surface area contributed by atoms with Gasteiger partial charge in [-0.05, 0) is 40.8 Å². The van der Waals surface area contributed by atoms with Crippen molar-refractivity contribution < 1.29 is 9.32 Å². The molecule has 2 rings (SSSR count). The lowest BCUT2D eigenvalue weighted by Crippen LogP contribution is -2.12. The first-order chi connectivity index (χ1) is 7.66. The van der Waals surface area contributed by atoms with Crippen molar-refractivity contribution in [2.24, 2.45) is 0 Å². The summed E-state index contributed by atoms with van der Waals surface area (Å²) in [6.45, 7) is 0. The average Bonchev–Trinajstić information content (AvgIpc) is 2.75. The van der Waals surface area contributed by atoms with E-state index in [0.29, 0.717) is 10.7 Å². The van der Waals surface area contributed by atoms with E-state index in [1.807, 2.05) is 0 Å². The summed E-state index contributed by atoms with van der Waals surface area (Å²) in [7, 11) is 0. The van der Waals surface area contributed by atoms with Crippen LogP contribution in [0.3, 0.4) is 0 Å². The van der Waals surface area contributed by atoms with Crippen molar-refractivity contribution in [3.63, 3.8) is 0 Å². The number of hydrogen-bond donors (Lipinski definition) is 1. The molecule has 2 aromatic rings. The molecule has 0 spiro atoms. The van der Waals surface area contributed by atoms with Gasteiger partial charge < -0.3 is 9.84 Å². The first kappa shape index (κ1) is 11.4. The van der Waals surface area contributed by atoms with E-state index in [4.69, 9.17) is 11.6 Å². The predicted molar refractivity (Wildman–Crippen MR) is 68.6 cm³/mol. The predicted octanol–water partition coefficient (Wildman–Crippen LogP) is 3.18. The number of carbonyl (C=O) groups excluding carboxylic acids is 1. The smallest absolute Gasteiger partial charge is 0.277 e. The monoisotopic (exact) mass is 348 g/mol. The molecule has 0 aliphatic carbocycles. The lowest BCUT2D eigenvalue weighted by atomic mass is 10.3. The SMILES string of the molecule is O=C(Nc1ccc(Cl)cc1I)c1ccon1. The molecule has 4 nitrogen and oxygen atoms in total. The second kappa shape index (κ2) is 4.84. The summed E-state index contributed by atoms with van der Waals surface area (Å²) >= 11 is 7.90. The largest absolute Gasteiger partial charge is 0.364 e. The molecule has 1 heterocycles. The Balaban J connectivity index is 2.18. The van der Waals surface area contributed by atoms with Gasteiger partial charge in [-0.15, -0.1) is 0 Å². The summed E-state index contributed by atoms with van der Waals surface area (Å²) in [5, 5.41) is 6.88. The molecule has 0 radical (unpaired) electrons. The fourth-order valence-electron chi connectivity index (χ4n) is 1.11. The number of anilines is 1. The van der Waals surface area contributed by atoms with Gasteiger partial charge in [-0.3, -0.25) is 4.79 Å². The number of carbonyl (C=O) groups is 1. The van der Waals surface area contributed by atoms with E-state index in [-0.39, 0.29) is 11.6 Å². The van der Waals surface area contributed by atoms with E-state index in [9.17, 15) is 4.79 Å². The molecule has 1 aromatic carbocycles. The highest BCUT2D eigenvalue weighted by molar-refractivity contribution is 14.1. The van der Waals surface area contributed by atoms with Gasteiger partial charge in [0.1, 0.15) is 6.26 Å². The highest BCUT2D eigenvalue weighted by atomic mass is 127. The molecule has 1 aromatic heterocycles. The molecule has 0 fully saturated rings. The van der Waals surface area contributed by atoms with Crippen molar-refractivity contribution in [3.05, 3.63) is 44.8 Å². The maximum Gasteiger partial charge on any atom is 0.277 e. The van der Waals surface area contributed by atoms with Crippen LogP contribution in [0.15, 0.2) is 35.1 Å². The van der Waals surface area contributed by atoms with Crippen LogP contribution < -0.4 is 5.32 Å². The van der Waals surface area contributed by atoms with E-state index >= 15 is 0 Å². The zero-order chi connectivity index (χ0) is 11.5. The van der Waals surface area contributed by atoms with Gasteiger partial charge in [0, 0.05) is 14.7 Å². The summed E-state index contributed by atoms with van der Waals surface area (Å²) in [4.78, 5) is 11.6. The molecule has 0 unspecified atom stereocenters. The fourth-order valence-corrected chi connectivity index (χ4v) is 2.11. The molecule has 0 bridgehead atoms. The Morgan fingerprint density at radius 1 is 1.44 bits per heavy atom. The van der Waals surface area contributed by atoms with Gasteiger partial charge in [-0.2, -0.15) is 0 Å². The van der Waals surface area contributed by atoms with Gasteiger partial charge in [0.15, 0.2) is 5.69 Å². The number of nitrogens with zero attached hydrogens (tertiary/aromatic N) is 1. The van der Waals surface area contributed by atoms with Crippen LogP contribution in [0.5, 0.6) is 0 Å². The number of nitrogens with one attached hydrogen (secondary N) is 1. The Kier molecular flexibility index (Phi) is 3.45. The van der Waals surface area contributed by atoms with Gasteiger partial charge >= 0.3 is 0 Å². The van der Waals surface area contributed by atoms with E-state index < -0.39 is 0 Å². The van der Waals surface area contributed by atoms with Crippen LogP contribution >= 0.6 is 34.2 Å². The molecule has 0 atom stereocenters. The number of hydrogen-bond acceptors (Lipinski definition) is 3. The molecular weight excluding hydrogens is 342 g/mol. The number of rotatable bonds is 2. The van der Waals surface area contributed by atoms with Gasteiger partial charge in [-0.25, -0.2) is 0 Å². The van der Waals surface area contributed by atoms with Crippen molar-refractivity contribution >= 4 is 45.8 Å². The van der Waals surface area contributed by atoms with Crippen molar-refractivity contribution in [3.8, 4) is 0 Å². The second-order valence-corrected chi connectivity index (χ2v) is 4.56. The first-order valence-electron chi connectivity index (χ1n) is 4.33. The highest BCUT2D eigenvalue weighted by Gasteiger charge is 2.10. The summed E-state index contributed by atoms with van der Waals surface area (Å²) in [5.41, 5.74) is 0.934. The zero-order valence-corrected chi connectivity index (χ0v) is 10.8. The van der Waals surface area contributed by atoms with Crippen molar-refractivity contribution in [2.75, 3.05) is 5.32 Å². The van der Waals surface area contributed by atoms with Crippen molar-refractivity contribution in [2.45, 2.75) is 0 Å². The molecule has 0 aliphatic heterocycles. The molecule has 16 heavy (non-hydrogen) atoms. The number of benzene rings is 1. The van der Waals surface area contributed by atoms with Gasteiger partial charge in [0.05, 0.1) is 5.69 Å². The van der Waals surface area contributed by atoms with Crippen LogP contribution in [0.25, 0.3) is 0 Å². The number of aromatic nitrogens is 1. The Labute approximate surface area is 110 Å². The third-order valence-electron chi connectivity index (χ3n) is 1.85. The van der Waals surface area contributed by atoms with Crippen LogP contribution in [0.1, 0.15) is 10.5 Å². The van der Waals surface area contributed by atoms with Crippen molar-refractivity contribution in [1.82, 2.24) is 5.16 Å². The minimum atomic E-state index is -0.311. The average molecular weight is 349 g/mol. The van der Waals surface area contributed by atoms with Gasteiger partial charge in [-0.1, -0.05) is 16.8 Å². The third-order valence-corrected chi connectivity index (χ3v) is 2.98. The molecule has 1 amide bonds. The quantitative estimate of drug-likeness (QED) is 0.848. The maximum atomic E-state index is 11.6. The van der Waals surface area contributed by atoms with Crippen LogP contribution in [0.2, 0.25) is 5.02 Å². The Bertz CT molecular complexity index is 514. The zero-order valence-electron chi connectivity index (χ0n) is 7.91. The molecule has 0 saturated carbocycles. The molecule has 0 saturated heterocycles. The molecule has 0 aliphatic rings. The summed E-state index contributed by atoms with van der Waals surface area (Å²) < 4.78 is 5.45. The third kappa shape index (κ3) is 2.53. The van der Waals surface area contributed by atoms with Gasteiger partial charge in [0.2, 0.25) is 0 Å². The first-order valence-corrected chi connectivity index (χ1v) is 5.79.